The predicted molar refractivity (Wildman–Crippen MR) is 123 cm³/mol. The lowest BCUT2D eigenvalue weighted by Crippen LogP contribution is -2.34. The molecule has 0 saturated heterocycles. The van der Waals surface area contributed by atoms with Crippen LogP contribution in [0, 0.1) is 11.7 Å². The summed E-state index contributed by atoms with van der Waals surface area (Å²) in [4.78, 5) is 24.9. The van der Waals surface area contributed by atoms with Crippen molar-refractivity contribution in [2.75, 3.05) is 5.32 Å². The van der Waals surface area contributed by atoms with E-state index in [1.165, 1.54) is 12.5 Å². The summed E-state index contributed by atoms with van der Waals surface area (Å²) < 4.78 is 22.8. The van der Waals surface area contributed by atoms with Crippen LogP contribution in [0.3, 0.4) is 0 Å². The number of carboxylic acid groups (broad SMARTS) is 1. The van der Waals surface area contributed by atoms with Crippen LogP contribution in [-0.4, -0.2) is 27.8 Å². The minimum Gasteiger partial charge on any atom is -0.478 e. The summed E-state index contributed by atoms with van der Waals surface area (Å²) in [7, 11) is 0. The Hall–Kier alpha value is -2.57. The van der Waals surface area contributed by atoms with Crippen molar-refractivity contribution in [3.05, 3.63) is 34.4 Å². The van der Waals surface area contributed by atoms with E-state index in [4.69, 9.17) is 4.74 Å². The second kappa shape index (κ2) is 9.51. The van der Waals surface area contributed by atoms with Gasteiger partial charge in [-0.25, -0.2) is 9.18 Å². The molecule has 1 aromatic heterocycles. The van der Waals surface area contributed by atoms with Gasteiger partial charge >= 0.3 is 5.97 Å². The fourth-order valence-corrected chi connectivity index (χ4v) is 5.10. The maximum absolute atomic E-state index is 15.1. The normalized spacial score (nSPS) is 18.9. The van der Waals surface area contributed by atoms with Crippen LogP contribution < -0.4 is 15.5 Å². The molecule has 0 aliphatic heterocycles. The molecule has 2 aliphatic rings. The Morgan fingerprint density at radius 2 is 1.78 bits per heavy atom. The van der Waals surface area contributed by atoms with Crippen LogP contribution in [0.5, 0.6) is 5.75 Å². The van der Waals surface area contributed by atoms with Crippen molar-refractivity contribution in [2.45, 2.75) is 89.8 Å². The van der Waals surface area contributed by atoms with Crippen LogP contribution in [0.25, 0.3) is 10.9 Å². The zero-order chi connectivity index (χ0) is 22.8. The Labute approximate surface area is 187 Å². The van der Waals surface area contributed by atoms with Crippen LogP contribution in [0.1, 0.15) is 77.7 Å². The van der Waals surface area contributed by atoms with Crippen molar-refractivity contribution in [1.29, 1.82) is 0 Å². The molecule has 0 amide bonds. The molecule has 0 radical (unpaired) electrons. The monoisotopic (exact) mass is 444 g/mol. The third-order valence-electron chi connectivity index (χ3n) is 6.87. The quantitative estimate of drug-likeness (QED) is 0.590. The summed E-state index contributed by atoms with van der Waals surface area (Å²) in [6.07, 6.45) is 10.1. The molecule has 0 bridgehead atoms. The van der Waals surface area contributed by atoms with Crippen LogP contribution in [-0.2, 0) is 4.79 Å². The van der Waals surface area contributed by atoms with E-state index < -0.39 is 23.3 Å². The fourth-order valence-electron chi connectivity index (χ4n) is 5.10. The van der Waals surface area contributed by atoms with Gasteiger partial charge in [-0.05, 0) is 37.8 Å². The summed E-state index contributed by atoms with van der Waals surface area (Å²) in [5.41, 5.74) is 0.629. The number of nitrogens with zero attached hydrogens (tertiary/aromatic N) is 1. The van der Waals surface area contributed by atoms with E-state index in [9.17, 15) is 14.7 Å². The van der Waals surface area contributed by atoms with Crippen LogP contribution in [0.2, 0.25) is 0 Å². The van der Waals surface area contributed by atoms with Gasteiger partial charge < -0.3 is 19.7 Å². The zero-order valence-corrected chi connectivity index (χ0v) is 18.9. The number of nitrogens with one attached hydrogen (secondary N) is 1. The highest BCUT2D eigenvalue weighted by Gasteiger charge is 2.27. The Morgan fingerprint density at radius 1 is 1.12 bits per heavy atom. The van der Waals surface area contributed by atoms with Gasteiger partial charge in [0.25, 0.3) is 0 Å². The number of hydrogen-bond donors (Lipinski definition) is 2. The van der Waals surface area contributed by atoms with E-state index in [1.807, 2.05) is 4.57 Å². The van der Waals surface area contributed by atoms with Crippen molar-refractivity contribution in [2.24, 2.45) is 5.92 Å². The number of halogens is 1. The average Bonchev–Trinajstić information content (AvgIpc) is 3.29. The van der Waals surface area contributed by atoms with Crippen LogP contribution >= 0.6 is 0 Å². The first-order valence-corrected chi connectivity index (χ1v) is 11.9. The van der Waals surface area contributed by atoms with Crippen molar-refractivity contribution in [3.8, 4) is 5.75 Å². The Kier molecular flexibility index (Phi) is 6.72. The highest BCUT2D eigenvalue weighted by molar-refractivity contribution is 5.84. The number of carboxylic acids is 1. The minimum atomic E-state index is -1.14. The maximum atomic E-state index is 15.1. The molecule has 6 nitrogen and oxygen atoms in total. The van der Waals surface area contributed by atoms with Gasteiger partial charge in [0.2, 0.25) is 5.43 Å². The molecule has 1 heterocycles. The van der Waals surface area contributed by atoms with E-state index in [0.29, 0.717) is 11.2 Å². The summed E-state index contributed by atoms with van der Waals surface area (Å²) >= 11 is 0. The Balaban J connectivity index is 1.80. The molecule has 2 aliphatic carbocycles. The molecule has 7 heteroatoms. The highest BCUT2D eigenvalue weighted by atomic mass is 19.1. The van der Waals surface area contributed by atoms with Crippen molar-refractivity contribution in [1.82, 2.24) is 4.57 Å². The molecule has 1 unspecified atom stereocenters. The van der Waals surface area contributed by atoms with Gasteiger partial charge in [0.1, 0.15) is 5.82 Å². The molecule has 2 saturated carbocycles. The van der Waals surface area contributed by atoms with Gasteiger partial charge in [-0.2, -0.15) is 0 Å². The number of benzene rings is 1. The third kappa shape index (κ3) is 4.62. The number of hydrogen-bond acceptors (Lipinski definition) is 4. The minimum absolute atomic E-state index is 0.0297. The molecule has 174 valence electrons. The standard InChI is InChI=1S/C25H33FN2O4/c1-15(2)24(25(30)31)32-22-14-28(17-10-6-7-11-17)21-13-20(19(26)12-18(21)23(22)29)27-16-8-4-3-5-9-16/h12-17,24,27H,3-11H2,1-2H3,(H,30,31). The van der Waals surface area contributed by atoms with Crippen molar-refractivity contribution >= 4 is 22.6 Å². The highest BCUT2D eigenvalue weighted by Crippen LogP contribution is 2.35. The molecule has 2 fully saturated rings. The van der Waals surface area contributed by atoms with Gasteiger partial charge in [-0.3, -0.25) is 4.79 Å². The number of fused-ring (bicyclic) bond motifs is 1. The first-order valence-electron chi connectivity index (χ1n) is 11.9. The Morgan fingerprint density at radius 3 is 2.41 bits per heavy atom. The van der Waals surface area contributed by atoms with Crippen LogP contribution in [0.4, 0.5) is 10.1 Å². The Bertz CT molecular complexity index is 1040. The number of ether oxygens (including phenoxy) is 1. The molecular weight excluding hydrogens is 411 g/mol. The fraction of sp³-hybridized carbons (Fsp3) is 0.600. The second-order valence-corrected chi connectivity index (χ2v) is 9.62. The topological polar surface area (TPSA) is 80.6 Å². The number of anilines is 1. The van der Waals surface area contributed by atoms with Gasteiger partial charge in [-0.1, -0.05) is 46.0 Å². The van der Waals surface area contributed by atoms with Gasteiger partial charge in [0.05, 0.1) is 22.8 Å². The first-order chi connectivity index (χ1) is 15.3. The number of pyridine rings is 1. The summed E-state index contributed by atoms with van der Waals surface area (Å²) in [5, 5.41) is 13.1. The molecule has 2 N–H and O–H groups in total. The molecule has 0 spiro atoms. The van der Waals surface area contributed by atoms with E-state index in [0.717, 1.165) is 51.4 Å². The van der Waals surface area contributed by atoms with Gasteiger partial charge in [0.15, 0.2) is 11.9 Å². The summed E-state index contributed by atoms with van der Waals surface area (Å²) in [5.74, 6) is -1.93. The van der Waals surface area contributed by atoms with E-state index in [1.54, 1.807) is 26.1 Å². The smallest absolute Gasteiger partial charge is 0.345 e. The molecule has 1 atom stereocenters. The molecule has 2 aromatic rings. The van der Waals surface area contributed by atoms with Crippen molar-refractivity contribution < 1.29 is 19.0 Å². The number of rotatable bonds is 7. The number of aliphatic carboxylic acids is 1. The first kappa shape index (κ1) is 22.6. The zero-order valence-electron chi connectivity index (χ0n) is 18.9. The van der Waals surface area contributed by atoms with E-state index in [-0.39, 0.29) is 29.1 Å². The second-order valence-electron chi connectivity index (χ2n) is 9.62. The average molecular weight is 445 g/mol. The molecular formula is C25H33FN2O4. The SMILES string of the molecule is CC(C)C(Oc1cn(C2CCCC2)c2cc(NC3CCCCC3)c(F)cc2c1=O)C(=O)O. The maximum Gasteiger partial charge on any atom is 0.345 e. The molecule has 32 heavy (non-hydrogen) atoms. The largest absolute Gasteiger partial charge is 0.478 e. The van der Waals surface area contributed by atoms with Gasteiger partial charge in [0, 0.05) is 18.0 Å². The van der Waals surface area contributed by atoms with E-state index in [2.05, 4.69) is 5.32 Å². The summed E-state index contributed by atoms with van der Waals surface area (Å²) in [6, 6.07) is 3.45. The predicted octanol–water partition coefficient (Wildman–Crippen LogP) is 5.49. The third-order valence-corrected chi connectivity index (χ3v) is 6.87. The molecule has 1 aromatic carbocycles. The summed E-state index contributed by atoms with van der Waals surface area (Å²) in [6.45, 7) is 3.47. The molecule has 4 rings (SSSR count). The lowest BCUT2D eigenvalue weighted by molar-refractivity contribution is -0.147. The lowest BCUT2D eigenvalue weighted by atomic mass is 9.95. The van der Waals surface area contributed by atoms with E-state index >= 15 is 4.39 Å². The lowest BCUT2D eigenvalue weighted by Gasteiger charge is -2.25. The number of carbonyl (C=O) groups is 1. The van der Waals surface area contributed by atoms with Gasteiger partial charge in [-0.15, -0.1) is 0 Å². The van der Waals surface area contributed by atoms with Crippen LogP contribution in [0.15, 0.2) is 23.1 Å². The van der Waals surface area contributed by atoms with Crippen molar-refractivity contribution in [3.63, 3.8) is 0 Å². The number of aromatic nitrogens is 1.